The number of allylic oxidation sites excluding steroid dienone is 1. The Bertz CT molecular complexity index is 1450. The van der Waals surface area contributed by atoms with Gasteiger partial charge < -0.3 is 9.47 Å². The highest BCUT2D eigenvalue weighted by molar-refractivity contribution is 7.07. The van der Waals surface area contributed by atoms with E-state index in [2.05, 4.69) is 11.6 Å². The second-order valence-corrected chi connectivity index (χ2v) is 8.91. The molecule has 6 nitrogen and oxygen atoms in total. The number of rotatable bonds is 7. The summed E-state index contributed by atoms with van der Waals surface area (Å²) in [6, 6.07) is 13.9. The van der Waals surface area contributed by atoms with Crippen molar-refractivity contribution < 1.29 is 14.3 Å². The van der Waals surface area contributed by atoms with Crippen LogP contribution in [0.2, 0.25) is 5.02 Å². The molecule has 34 heavy (non-hydrogen) atoms. The maximum absolute atomic E-state index is 13.6. The van der Waals surface area contributed by atoms with Gasteiger partial charge >= 0.3 is 5.97 Å². The van der Waals surface area contributed by atoms with Crippen molar-refractivity contribution in [2.75, 3.05) is 13.2 Å². The average Bonchev–Trinajstić information content (AvgIpc) is 3.13. The molecule has 2 aromatic carbocycles. The van der Waals surface area contributed by atoms with Crippen LogP contribution in [0.4, 0.5) is 0 Å². The van der Waals surface area contributed by atoms with Crippen LogP contribution in [0.15, 0.2) is 82.2 Å². The molecule has 0 radical (unpaired) electrons. The third-order valence-corrected chi connectivity index (χ3v) is 6.60. The molecular weight excluding hydrogens is 472 g/mol. The first kappa shape index (κ1) is 23.7. The van der Waals surface area contributed by atoms with Gasteiger partial charge in [0.15, 0.2) is 4.80 Å². The minimum atomic E-state index is -0.683. The van der Waals surface area contributed by atoms with Crippen LogP contribution >= 0.6 is 22.9 Å². The number of halogens is 1. The van der Waals surface area contributed by atoms with E-state index in [9.17, 15) is 9.59 Å². The van der Waals surface area contributed by atoms with Gasteiger partial charge in [0.25, 0.3) is 5.56 Å². The third-order valence-electron chi connectivity index (χ3n) is 5.27. The third kappa shape index (κ3) is 4.62. The molecule has 4 rings (SSSR count). The number of fused-ring (bicyclic) bond motifs is 1. The number of thiazole rings is 1. The van der Waals surface area contributed by atoms with Crippen LogP contribution in [-0.2, 0) is 9.53 Å². The van der Waals surface area contributed by atoms with Gasteiger partial charge in [-0.15, -0.1) is 0 Å². The van der Waals surface area contributed by atoms with Crippen molar-refractivity contribution in [3.05, 3.63) is 108 Å². The number of ether oxygens (including phenoxy) is 2. The molecule has 0 saturated heterocycles. The summed E-state index contributed by atoms with van der Waals surface area (Å²) in [6.45, 7) is 7.75. The van der Waals surface area contributed by atoms with E-state index in [0.29, 0.717) is 38.0 Å². The van der Waals surface area contributed by atoms with E-state index in [1.54, 1.807) is 48.8 Å². The maximum atomic E-state index is 13.6. The van der Waals surface area contributed by atoms with Gasteiger partial charge in [-0.05, 0) is 49.2 Å². The molecule has 1 aliphatic rings. The monoisotopic (exact) mass is 494 g/mol. The van der Waals surface area contributed by atoms with E-state index in [4.69, 9.17) is 21.1 Å². The smallest absolute Gasteiger partial charge is 0.338 e. The number of hydrogen-bond acceptors (Lipinski definition) is 6. The Kier molecular flexibility index (Phi) is 7.14. The number of benzene rings is 2. The molecule has 0 fully saturated rings. The molecule has 0 saturated carbocycles. The molecule has 174 valence electrons. The van der Waals surface area contributed by atoms with E-state index in [-0.39, 0.29) is 12.2 Å². The Morgan fingerprint density at radius 2 is 1.97 bits per heavy atom. The lowest BCUT2D eigenvalue weighted by atomic mass is 9.96. The van der Waals surface area contributed by atoms with Crippen molar-refractivity contribution in [1.82, 2.24) is 4.57 Å². The number of hydrogen-bond donors (Lipinski definition) is 0. The summed E-state index contributed by atoms with van der Waals surface area (Å²) < 4.78 is 12.9. The second-order valence-electron chi connectivity index (χ2n) is 7.49. The Morgan fingerprint density at radius 1 is 1.24 bits per heavy atom. The van der Waals surface area contributed by atoms with Crippen LogP contribution in [-0.4, -0.2) is 23.8 Å². The van der Waals surface area contributed by atoms with Crippen molar-refractivity contribution in [2.45, 2.75) is 19.9 Å². The number of nitrogens with zero attached hydrogens (tertiary/aromatic N) is 2. The molecule has 3 aromatic rings. The molecule has 0 N–H and O–H groups in total. The number of aromatic nitrogens is 1. The quantitative estimate of drug-likeness (QED) is 0.367. The molecule has 1 aliphatic heterocycles. The normalized spacial score (nSPS) is 15.5. The Hall–Kier alpha value is -3.42. The first-order chi connectivity index (χ1) is 16.4. The SMILES string of the molecule is C=CCOc1ccc(C2C(C(=O)OCC)=C(C)N=c3s/c(=C/c4ccccc4Cl)c(=O)n32)cc1. The first-order valence-electron chi connectivity index (χ1n) is 10.7. The molecule has 1 unspecified atom stereocenters. The van der Waals surface area contributed by atoms with Crippen molar-refractivity contribution >= 4 is 35.0 Å². The summed E-state index contributed by atoms with van der Waals surface area (Å²) in [5.41, 5.74) is 2.07. The lowest BCUT2D eigenvalue weighted by Gasteiger charge is -2.24. The Morgan fingerprint density at radius 3 is 2.65 bits per heavy atom. The number of carbonyl (C=O) groups is 1. The minimum Gasteiger partial charge on any atom is -0.490 e. The molecule has 0 amide bonds. The zero-order chi connectivity index (χ0) is 24.2. The standard InChI is InChI=1S/C26H23ClN2O4S/c1-4-14-33-19-12-10-17(11-13-19)23-22(25(31)32-5-2)16(3)28-26-29(23)24(30)21(34-26)15-18-8-6-7-9-20(18)27/h4,6-13,15,23H,1,5,14H2,2-3H3/b21-15+. The van der Waals surface area contributed by atoms with Crippen molar-refractivity contribution in [3.63, 3.8) is 0 Å². The Labute approximate surface area is 205 Å². The number of esters is 1. The lowest BCUT2D eigenvalue weighted by Crippen LogP contribution is -2.39. The van der Waals surface area contributed by atoms with Crippen molar-refractivity contribution in [2.24, 2.45) is 4.99 Å². The molecule has 0 bridgehead atoms. The van der Waals surface area contributed by atoms with Crippen LogP contribution in [0.1, 0.15) is 31.0 Å². The second kappa shape index (κ2) is 10.2. The topological polar surface area (TPSA) is 69.9 Å². The van der Waals surface area contributed by atoms with Crippen LogP contribution < -0.4 is 19.6 Å². The lowest BCUT2D eigenvalue weighted by molar-refractivity contribution is -0.139. The molecule has 2 heterocycles. The molecular formula is C26H23ClN2O4S. The van der Waals surface area contributed by atoms with Gasteiger partial charge in [-0.25, -0.2) is 9.79 Å². The van der Waals surface area contributed by atoms with Crippen LogP contribution in [0.5, 0.6) is 5.75 Å². The van der Waals surface area contributed by atoms with E-state index in [1.807, 2.05) is 30.3 Å². The minimum absolute atomic E-state index is 0.216. The fraction of sp³-hybridized carbons (Fsp3) is 0.192. The van der Waals surface area contributed by atoms with Crippen LogP contribution in [0.25, 0.3) is 6.08 Å². The van der Waals surface area contributed by atoms with Crippen LogP contribution in [0.3, 0.4) is 0 Å². The highest BCUT2D eigenvalue weighted by atomic mass is 35.5. The van der Waals surface area contributed by atoms with Gasteiger partial charge in [-0.1, -0.05) is 65.9 Å². The highest BCUT2D eigenvalue weighted by Gasteiger charge is 2.33. The molecule has 0 aliphatic carbocycles. The van der Waals surface area contributed by atoms with Gasteiger partial charge in [0.2, 0.25) is 0 Å². The van der Waals surface area contributed by atoms with Crippen molar-refractivity contribution in [1.29, 1.82) is 0 Å². The Balaban J connectivity index is 1.90. The molecule has 1 atom stereocenters. The summed E-state index contributed by atoms with van der Waals surface area (Å²) in [6.07, 6.45) is 3.41. The summed E-state index contributed by atoms with van der Waals surface area (Å²) in [5.74, 6) is 0.161. The zero-order valence-electron chi connectivity index (χ0n) is 18.8. The fourth-order valence-corrected chi connectivity index (χ4v) is 4.97. The predicted octanol–water partition coefficient (Wildman–Crippen LogP) is 4.02. The van der Waals surface area contributed by atoms with Gasteiger partial charge in [-0.2, -0.15) is 0 Å². The van der Waals surface area contributed by atoms with Gasteiger partial charge in [-0.3, -0.25) is 9.36 Å². The molecule has 0 spiro atoms. The largest absolute Gasteiger partial charge is 0.490 e. The fourth-order valence-electron chi connectivity index (χ4n) is 3.74. The summed E-state index contributed by atoms with van der Waals surface area (Å²) in [5, 5.41) is 0.545. The number of carbonyl (C=O) groups excluding carboxylic acids is 1. The van der Waals surface area contributed by atoms with E-state index in [1.165, 1.54) is 11.3 Å². The zero-order valence-corrected chi connectivity index (χ0v) is 20.4. The maximum Gasteiger partial charge on any atom is 0.338 e. The predicted molar refractivity (Wildman–Crippen MR) is 134 cm³/mol. The first-order valence-corrected chi connectivity index (χ1v) is 11.9. The van der Waals surface area contributed by atoms with Crippen LogP contribution in [0, 0.1) is 0 Å². The van der Waals surface area contributed by atoms with Gasteiger partial charge in [0.1, 0.15) is 12.4 Å². The van der Waals surface area contributed by atoms with Gasteiger partial charge in [0, 0.05) is 5.02 Å². The molecule has 1 aromatic heterocycles. The summed E-state index contributed by atoms with van der Waals surface area (Å²) >= 11 is 7.56. The average molecular weight is 495 g/mol. The highest BCUT2D eigenvalue weighted by Crippen LogP contribution is 2.31. The summed E-state index contributed by atoms with van der Waals surface area (Å²) in [7, 11) is 0. The van der Waals surface area contributed by atoms with Gasteiger partial charge in [0.05, 0.1) is 28.5 Å². The van der Waals surface area contributed by atoms with Crippen molar-refractivity contribution in [3.8, 4) is 5.75 Å². The summed E-state index contributed by atoms with van der Waals surface area (Å²) in [4.78, 5) is 31.6. The van der Waals surface area contributed by atoms with E-state index >= 15 is 0 Å². The van der Waals surface area contributed by atoms with E-state index < -0.39 is 12.0 Å². The molecule has 8 heteroatoms. The van der Waals surface area contributed by atoms with E-state index in [0.717, 1.165) is 11.1 Å².